The predicted octanol–water partition coefficient (Wildman–Crippen LogP) is 0.799. The Morgan fingerprint density at radius 3 is 2.50 bits per heavy atom. The molecule has 0 aliphatic carbocycles. The van der Waals surface area contributed by atoms with Crippen molar-refractivity contribution in [2.45, 2.75) is 19.9 Å². The van der Waals surface area contributed by atoms with Gasteiger partial charge in [-0.2, -0.15) is 0 Å². The van der Waals surface area contributed by atoms with Crippen LogP contribution >= 0.6 is 0 Å². The van der Waals surface area contributed by atoms with Gasteiger partial charge in [-0.15, -0.1) is 0 Å². The van der Waals surface area contributed by atoms with Gasteiger partial charge >= 0.3 is 0 Å². The summed E-state index contributed by atoms with van der Waals surface area (Å²) < 4.78 is 0. The summed E-state index contributed by atoms with van der Waals surface area (Å²) >= 11 is 0. The highest BCUT2D eigenvalue weighted by atomic mass is 15.4. The minimum Gasteiger partial charge on any atom is -0.370 e. The van der Waals surface area contributed by atoms with Crippen LogP contribution in [0.5, 0.6) is 0 Å². The van der Waals surface area contributed by atoms with Crippen molar-refractivity contribution in [3.05, 3.63) is 11.4 Å². The lowest BCUT2D eigenvalue weighted by molar-refractivity contribution is 0.0714. The molecule has 0 saturated carbocycles. The highest BCUT2D eigenvalue weighted by Gasteiger charge is 2.33. The van der Waals surface area contributed by atoms with E-state index in [1.165, 1.54) is 37.6 Å². The molecule has 1 fully saturated rings. The van der Waals surface area contributed by atoms with Crippen LogP contribution in [0, 0.1) is 0 Å². The summed E-state index contributed by atoms with van der Waals surface area (Å²) in [6.45, 7) is 9.30. The van der Waals surface area contributed by atoms with Crippen LogP contribution < -0.4 is 0 Å². The third kappa shape index (κ3) is 1.50. The number of likely N-dealkylation sites (N-methyl/N-ethyl adjacent to an activating group) is 1. The molecule has 1 saturated heterocycles. The van der Waals surface area contributed by atoms with Crippen LogP contribution in [0.2, 0.25) is 0 Å². The van der Waals surface area contributed by atoms with Crippen LogP contribution in [0.15, 0.2) is 11.4 Å². The number of fused-ring (bicyclic) bond motifs is 2. The molecule has 0 aromatic heterocycles. The van der Waals surface area contributed by atoms with Crippen molar-refractivity contribution in [1.29, 1.82) is 0 Å². The summed E-state index contributed by atoms with van der Waals surface area (Å²) in [5.41, 5.74) is 2.96. The van der Waals surface area contributed by atoms with Gasteiger partial charge in [0, 0.05) is 37.6 Å². The molecular formula is C11H21N3. The first kappa shape index (κ1) is 9.84. The molecule has 14 heavy (non-hydrogen) atoms. The summed E-state index contributed by atoms with van der Waals surface area (Å²) in [7, 11) is 4.31. The van der Waals surface area contributed by atoms with E-state index in [-0.39, 0.29) is 0 Å². The van der Waals surface area contributed by atoms with Gasteiger partial charge in [0.2, 0.25) is 0 Å². The van der Waals surface area contributed by atoms with Crippen molar-refractivity contribution in [1.82, 2.24) is 14.7 Å². The van der Waals surface area contributed by atoms with E-state index in [0.717, 1.165) is 0 Å². The second kappa shape index (κ2) is 3.46. The highest BCUT2D eigenvalue weighted by Crippen LogP contribution is 2.28. The summed E-state index contributed by atoms with van der Waals surface area (Å²) in [4.78, 5) is 7.40. The van der Waals surface area contributed by atoms with Gasteiger partial charge in [0.15, 0.2) is 0 Å². The van der Waals surface area contributed by atoms with Crippen LogP contribution in [-0.4, -0.2) is 61.0 Å². The fourth-order valence-electron chi connectivity index (χ4n) is 2.62. The Morgan fingerprint density at radius 1 is 1.21 bits per heavy atom. The van der Waals surface area contributed by atoms with Crippen molar-refractivity contribution in [2.75, 3.05) is 40.3 Å². The molecule has 0 radical (unpaired) electrons. The van der Waals surface area contributed by atoms with Gasteiger partial charge in [-0.3, -0.25) is 0 Å². The topological polar surface area (TPSA) is 9.72 Å². The monoisotopic (exact) mass is 195 g/mol. The zero-order valence-corrected chi connectivity index (χ0v) is 9.75. The summed E-state index contributed by atoms with van der Waals surface area (Å²) in [6.07, 6.45) is 0. The quantitative estimate of drug-likeness (QED) is 0.645. The third-order valence-corrected chi connectivity index (χ3v) is 3.49. The number of rotatable bonds is 2. The number of hydrogen-bond donors (Lipinski definition) is 0. The maximum atomic E-state index is 2.58. The molecule has 3 heteroatoms. The minimum atomic E-state index is 0.697. The SMILES string of the molecule is CC1=C(C)N2CCN1CC2CN(C)C. The minimum absolute atomic E-state index is 0.697. The lowest BCUT2D eigenvalue weighted by atomic mass is 10.0. The molecule has 3 nitrogen and oxygen atoms in total. The molecule has 3 rings (SSSR count). The second-order valence-corrected chi connectivity index (χ2v) is 4.73. The molecule has 3 aliphatic heterocycles. The van der Waals surface area contributed by atoms with E-state index in [1.54, 1.807) is 0 Å². The Hall–Kier alpha value is -0.700. The molecule has 0 N–H and O–H groups in total. The van der Waals surface area contributed by atoms with Gasteiger partial charge in [-0.05, 0) is 27.9 Å². The van der Waals surface area contributed by atoms with Crippen LogP contribution in [0.4, 0.5) is 0 Å². The van der Waals surface area contributed by atoms with Crippen molar-refractivity contribution < 1.29 is 0 Å². The number of nitrogens with zero attached hydrogens (tertiary/aromatic N) is 3. The van der Waals surface area contributed by atoms with Crippen molar-refractivity contribution in [2.24, 2.45) is 0 Å². The number of allylic oxidation sites excluding steroid dienone is 2. The van der Waals surface area contributed by atoms with Crippen LogP contribution in [0.1, 0.15) is 13.8 Å². The van der Waals surface area contributed by atoms with E-state index in [4.69, 9.17) is 0 Å². The van der Waals surface area contributed by atoms with Crippen molar-refractivity contribution >= 4 is 0 Å². The molecule has 0 spiro atoms. The molecule has 1 unspecified atom stereocenters. The first-order chi connectivity index (χ1) is 6.59. The largest absolute Gasteiger partial charge is 0.370 e. The lowest BCUT2D eigenvalue weighted by Gasteiger charge is -2.51. The van der Waals surface area contributed by atoms with Crippen LogP contribution in [0.25, 0.3) is 0 Å². The molecule has 3 heterocycles. The zero-order valence-electron chi connectivity index (χ0n) is 9.75. The summed E-state index contributed by atoms with van der Waals surface area (Å²) in [6, 6.07) is 0.697. The molecule has 0 amide bonds. The first-order valence-electron chi connectivity index (χ1n) is 5.43. The maximum Gasteiger partial charge on any atom is 0.0590 e. The summed E-state index contributed by atoms with van der Waals surface area (Å²) in [5.74, 6) is 0. The van der Waals surface area contributed by atoms with Crippen molar-refractivity contribution in [3.63, 3.8) is 0 Å². The molecule has 0 aromatic rings. The molecule has 1 atom stereocenters. The number of piperazine rings is 1. The Bertz CT molecular complexity index is 257. The predicted molar refractivity (Wildman–Crippen MR) is 59.0 cm³/mol. The van der Waals surface area contributed by atoms with Gasteiger partial charge in [0.1, 0.15) is 0 Å². The maximum absolute atomic E-state index is 2.58. The van der Waals surface area contributed by atoms with E-state index >= 15 is 0 Å². The van der Waals surface area contributed by atoms with Gasteiger partial charge in [-0.25, -0.2) is 0 Å². The molecule has 0 aromatic carbocycles. The Kier molecular flexibility index (Phi) is 2.43. The van der Waals surface area contributed by atoms with Crippen molar-refractivity contribution in [3.8, 4) is 0 Å². The Labute approximate surface area is 87.0 Å². The van der Waals surface area contributed by atoms with Gasteiger partial charge < -0.3 is 14.7 Å². The fourth-order valence-corrected chi connectivity index (χ4v) is 2.62. The molecule has 80 valence electrons. The summed E-state index contributed by atoms with van der Waals surface area (Å²) in [5, 5.41) is 0. The standard InChI is InChI=1S/C11H21N3/c1-9-10(2)14-6-5-13(9)8-11(14)7-12(3)4/h11H,5-8H2,1-4H3. The van der Waals surface area contributed by atoms with Crippen LogP contribution in [0.3, 0.4) is 0 Å². The average Bonchev–Trinajstić information content (AvgIpc) is 2.12. The van der Waals surface area contributed by atoms with E-state index in [0.29, 0.717) is 6.04 Å². The molecular weight excluding hydrogens is 174 g/mol. The fraction of sp³-hybridized carbons (Fsp3) is 0.818. The van der Waals surface area contributed by atoms with Gasteiger partial charge in [-0.1, -0.05) is 0 Å². The van der Waals surface area contributed by atoms with E-state index in [2.05, 4.69) is 42.6 Å². The number of hydrogen-bond acceptors (Lipinski definition) is 3. The van der Waals surface area contributed by atoms with E-state index in [9.17, 15) is 0 Å². The second-order valence-electron chi connectivity index (χ2n) is 4.73. The highest BCUT2D eigenvalue weighted by molar-refractivity contribution is 5.17. The van der Waals surface area contributed by atoms with Crippen LogP contribution in [-0.2, 0) is 0 Å². The lowest BCUT2D eigenvalue weighted by Crippen LogP contribution is -2.59. The Morgan fingerprint density at radius 2 is 1.93 bits per heavy atom. The normalized spacial score (nSPS) is 26.8. The van der Waals surface area contributed by atoms with E-state index in [1.807, 2.05) is 0 Å². The Balaban J connectivity index is 2.13. The first-order valence-corrected chi connectivity index (χ1v) is 5.43. The smallest absolute Gasteiger partial charge is 0.0590 e. The van der Waals surface area contributed by atoms with Gasteiger partial charge in [0.25, 0.3) is 0 Å². The third-order valence-electron chi connectivity index (χ3n) is 3.49. The molecule has 2 bridgehead atoms. The molecule has 3 aliphatic rings. The van der Waals surface area contributed by atoms with Gasteiger partial charge in [0.05, 0.1) is 6.04 Å². The van der Waals surface area contributed by atoms with E-state index < -0.39 is 0 Å². The zero-order chi connectivity index (χ0) is 10.3. The average molecular weight is 195 g/mol.